The van der Waals surface area contributed by atoms with Gasteiger partial charge < -0.3 is 19.6 Å². The molecule has 1 fully saturated rings. The number of ketones is 1. The monoisotopic (exact) mass is 391 g/mol. The number of rotatable bonds is 7. The molecular formula is C19H22FN3O5. The number of amides is 2. The maximum atomic E-state index is 13.6. The van der Waals surface area contributed by atoms with Crippen LogP contribution in [0.1, 0.15) is 31.1 Å². The number of urea groups is 1. The van der Waals surface area contributed by atoms with Crippen molar-refractivity contribution in [1.29, 1.82) is 0 Å². The number of hydrogen-bond acceptors (Lipinski definition) is 6. The summed E-state index contributed by atoms with van der Waals surface area (Å²) in [5, 5.41) is 6.72. The predicted octanol–water partition coefficient (Wildman–Crippen LogP) is 2.45. The highest BCUT2D eigenvalue weighted by atomic mass is 19.1. The van der Waals surface area contributed by atoms with E-state index in [1.807, 2.05) is 13.8 Å². The number of fused-ring (bicyclic) bond motifs is 1. The quantitative estimate of drug-likeness (QED) is 0.334. The van der Waals surface area contributed by atoms with Crippen LogP contribution in [0.3, 0.4) is 0 Å². The zero-order chi connectivity index (χ0) is 20.4. The van der Waals surface area contributed by atoms with Crippen molar-refractivity contribution in [2.75, 3.05) is 13.7 Å². The Morgan fingerprint density at radius 1 is 1.43 bits per heavy atom. The van der Waals surface area contributed by atoms with Gasteiger partial charge in [-0.2, -0.15) is 0 Å². The van der Waals surface area contributed by atoms with E-state index in [2.05, 4.69) is 10.5 Å². The Morgan fingerprint density at radius 3 is 2.86 bits per heavy atom. The molecule has 0 aliphatic carbocycles. The van der Waals surface area contributed by atoms with E-state index in [0.717, 1.165) is 6.07 Å². The molecule has 2 heterocycles. The number of Topliss-reactive ketones (excluding diaryl/α,β-unsaturated/α-hetero) is 1. The molecule has 9 heteroatoms. The van der Waals surface area contributed by atoms with E-state index in [-0.39, 0.29) is 30.1 Å². The molecular weight excluding hydrogens is 369 g/mol. The van der Waals surface area contributed by atoms with Gasteiger partial charge in [-0.3, -0.25) is 9.69 Å². The summed E-state index contributed by atoms with van der Waals surface area (Å²) < 4.78 is 24.1. The predicted molar refractivity (Wildman–Crippen MR) is 98.6 cm³/mol. The van der Waals surface area contributed by atoms with Crippen LogP contribution in [0.2, 0.25) is 0 Å². The lowest BCUT2D eigenvalue weighted by Gasteiger charge is -2.18. The fourth-order valence-electron chi connectivity index (χ4n) is 2.76. The summed E-state index contributed by atoms with van der Waals surface area (Å²) in [4.78, 5) is 31.6. The zero-order valence-corrected chi connectivity index (χ0v) is 16.1. The van der Waals surface area contributed by atoms with Crippen LogP contribution in [-0.4, -0.2) is 54.5 Å². The minimum atomic E-state index is -0.566. The number of carbonyl (C=O) groups is 2. The smallest absolute Gasteiger partial charge is 0.323 e. The van der Waals surface area contributed by atoms with Crippen molar-refractivity contribution in [2.45, 2.75) is 39.2 Å². The van der Waals surface area contributed by atoms with Crippen LogP contribution in [0.25, 0.3) is 0 Å². The van der Waals surface area contributed by atoms with Crippen LogP contribution in [-0.2, 0) is 9.57 Å². The van der Waals surface area contributed by atoms with Gasteiger partial charge in [0.05, 0.1) is 24.9 Å². The minimum absolute atomic E-state index is 0.0597. The van der Waals surface area contributed by atoms with Gasteiger partial charge in [0.25, 0.3) is 0 Å². The second kappa shape index (κ2) is 7.97. The van der Waals surface area contributed by atoms with E-state index in [9.17, 15) is 14.0 Å². The first kappa shape index (κ1) is 19.8. The number of benzene rings is 1. The molecule has 28 heavy (non-hydrogen) atoms. The number of methoxy groups -OCH3 is 1. The molecule has 0 radical (unpaired) electrons. The molecule has 2 amide bonds. The highest BCUT2D eigenvalue weighted by Crippen LogP contribution is 2.31. The molecule has 1 saturated heterocycles. The van der Waals surface area contributed by atoms with E-state index >= 15 is 0 Å². The lowest BCUT2D eigenvalue weighted by atomic mass is 10.1. The number of carbonyl (C=O) groups excluding carboxylic acids is 2. The van der Waals surface area contributed by atoms with E-state index in [1.54, 1.807) is 6.92 Å². The van der Waals surface area contributed by atoms with Gasteiger partial charge in [0.1, 0.15) is 23.8 Å². The standard InChI is InChI=1S/C19H22FN3O5/c1-10(2)28-22-11(3)14-8-23(19(25)21-18-17(14)27-18)9-15(24)13-7-12(20)5-6-16(13)26-4/h5-8,10,17-18H,9H2,1-4H3,(H,21,25)/b22-11+. The first-order chi connectivity index (χ1) is 13.3. The van der Waals surface area contributed by atoms with Gasteiger partial charge in [0, 0.05) is 11.8 Å². The van der Waals surface area contributed by atoms with Crippen LogP contribution >= 0.6 is 0 Å². The number of ether oxygens (including phenoxy) is 2. The topological polar surface area (TPSA) is 92.8 Å². The number of hydrogen-bond donors (Lipinski definition) is 1. The van der Waals surface area contributed by atoms with Crippen molar-refractivity contribution in [3.05, 3.63) is 41.4 Å². The van der Waals surface area contributed by atoms with Crippen molar-refractivity contribution < 1.29 is 28.3 Å². The Hall–Kier alpha value is -2.94. The maximum absolute atomic E-state index is 13.6. The van der Waals surface area contributed by atoms with Crippen LogP contribution < -0.4 is 10.1 Å². The molecule has 1 aromatic rings. The number of nitrogens with one attached hydrogen (secondary N) is 1. The number of nitrogens with zero attached hydrogens (tertiary/aromatic N) is 2. The van der Waals surface area contributed by atoms with Crippen molar-refractivity contribution in [1.82, 2.24) is 10.2 Å². The third kappa shape index (κ3) is 4.30. The summed E-state index contributed by atoms with van der Waals surface area (Å²) in [7, 11) is 1.39. The summed E-state index contributed by atoms with van der Waals surface area (Å²) in [5.41, 5.74) is 1.23. The highest BCUT2D eigenvalue weighted by Gasteiger charge is 2.47. The average molecular weight is 391 g/mol. The molecule has 2 unspecified atom stereocenters. The molecule has 2 aliphatic rings. The fourth-order valence-corrected chi connectivity index (χ4v) is 2.76. The highest BCUT2D eigenvalue weighted by molar-refractivity contribution is 6.03. The Labute approximate surface area is 161 Å². The summed E-state index contributed by atoms with van der Waals surface area (Å²) in [6, 6.07) is 3.16. The molecule has 0 spiro atoms. The molecule has 1 aromatic carbocycles. The second-order valence-electron chi connectivity index (χ2n) is 6.74. The van der Waals surface area contributed by atoms with Crippen LogP contribution in [0, 0.1) is 5.82 Å². The maximum Gasteiger partial charge on any atom is 0.323 e. The normalized spacial score (nSPS) is 21.5. The van der Waals surface area contributed by atoms with Crippen molar-refractivity contribution >= 4 is 17.5 Å². The molecule has 0 aromatic heterocycles. The lowest BCUT2D eigenvalue weighted by Crippen LogP contribution is -2.40. The molecule has 0 bridgehead atoms. The van der Waals surface area contributed by atoms with Crippen molar-refractivity contribution in [3.8, 4) is 5.75 Å². The van der Waals surface area contributed by atoms with Crippen LogP contribution in [0.15, 0.2) is 35.1 Å². The first-order valence-corrected chi connectivity index (χ1v) is 8.82. The molecule has 3 rings (SSSR count). The van der Waals surface area contributed by atoms with Crippen LogP contribution in [0.5, 0.6) is 5.75 Å². The number of epoxide rings is 1. The van der Waals surface area contributed by atoms with Gasteiger partial charge >= 0.3 is 6.03 Å². The van der Waals surface area contributed by atoms with E-state index in [1.165, 1.54) is 30.3 Å². The SMILES string of the molecule is COc1ccc(F)cc1C(=O)CN1C=C(/C(C)=N/OC(C)C)C2OC2NC1=O. The van der Waals surface area contributed by atoms with Gasteiger partial charge in [0.15, 0.2) is 12.0 Å². The van der Waals surface area contributed by atoms with Gasteiger partial charge in [0.2, 0.25) is 0 Å². The van der Waals surface area contributed by atoms with Crippen molar-refractivity contribution in [3.63, 3.8) is 0 Å². The molecule has 1 N–H and O–H groups in total. The second-order valence-corrected chi connectivity index (χ2v) is 6.74. The largest absolute Gasteiger partial charge is 0.496 e. The number of halogens is 1. The van der Waals surface area contributed by atoms with Crippen molar-refractivity contribution in [2.24, 2.45) is 5.16 Å². The van der Waals surface area contributed by atoms with Gasteiger partial charge in [-0.05, 0) is 39.0 Å². The Balaban J connectivity index is 1.85. The summed E-state index contributed by atoms with van der Waals surface area (Å²) in [6.07, 6.45) is 0.577. The molecule has 2 aliphatic heterocycles. The molecule has 2 atom stereocenters. The summed E-state index contributed by atoms with van der Waals surface area (Å²) in [6.45, 7) is 5.12. The Morgan fingerprint density at radius 2 is 2.18 bits per heavy atom. The van der Waals surface area contributed by atoms with E-state index in [0.29, 0.717) is 11.3 Å². The Bertz CT molecular complexity index is 852. The molecule has 8 nitrogen and oxygen atoms in total. The zero-order valence-electron chi connectivity index (χ0n) is 16.1. The lowest BCUT2D eigenvalue weighted by molar-refractivity contribution is 0.0858. The minimum Gasteiger partial charge on any atom is -0.496 e. The van der Waals surface area contributed by atoms with E-state index in [4.69, 9.17) is 14.3 Å². The van der Waals surface area contributed by atoms with Crippen LogP contribution in [0.4, 0.5) is 9.18 Å². The third-order valence-electron chi connectivity index (χ3n) is 4.21. The fraction of sp³-hybridized carbons (Fsp3) is 0.421. The average Bonchev–Trinajstić information content (AvgIpc) is 3.41. The van der Waals surface area contributed by atoms with Gasteiger partial charge in [-0.1, -0.05) is 5.16 Å². The Kier molecular flexibility index (Phi) is 5.64. The first-order valence-electron chi connectivity index (χ1n) is 8.82. The van der Waals surface area contributed by atoms with E-state index < -0.39 is 23.9 Å². The third-order valence-corrected chi connectivity index (χ3v) is 4.21. The summed E-state index contributed by atoms with van der Waals surface area (Å²) in [5.74, 6) is -0.796. The molecule has 0 saturated carbocycles. The summed E-state index contributed by atoms with van der Waals surface area (Å²) >= 11 is 0. The number of oxime groups is 1. The van der Waals surface area contributed by atoms with Gasteiger partial charge in [-0.15, -0.1) is 0 Å². The van der Waals surface area contributed by atoms with Gasteiger partial charge in [-0.25, -0.2) is 9.18 Å². The molecule has 150 valence electrons.